The van der Waals surface area contributed by atoms with Gasteiger partial charge in [0.2, 0.25) is 0 Å². The van der Waals surface area contributed by atoms with Crippen LogP contribution in [-0.4, -0.2) is 33.9 Å². The zero-order valence-electron chi connectivity index (χ0n) is 8.27. The second-order valence-corrected chi connectivity index (χ2v) is 3.23. The summed E-state index contributed by atoms with van der Waals surface area (Å²) in [6.45, 7) is 1.40. The van der Waals surface area contributed by atoms with E-state index in [1.165, 1.54) is 18.2 Å². The Kier molecular flexibility index (Phi) is 3.51. The second kappa shape index (κ2) is 4.65. The van der Waals surface area contributed by atoms with E-state index in [0.717, 1.165) is 0 Å². The molecular formula is C10H13NO4. The van der Waals surface area contributed by atoms with Gasteiger partial charge in [-0.25, -0.2) is 0 Å². The Balaban J connectivity index is 2.91. The minimum atomic E-state index is -0.618. The van der Waals surface area contributed by atoms with Gasteiger partial charge in [-0.05, 0) is 19.1 Å². The number of nitrogens with one attached hydrogen (secondary N) is 1. The summed E-state index contributed by atoms with van der Waals surface area (Å²) < 4.78 is 0. The molecule has 1 aromatic rings. The molecule has 5 heteroatoms. The fourth-order valence-electron chi connectivity index (χ4n) is 1.10. The number of aliphatic hydroxyl groups is 1. The van der Waals surface area contributed by atoms with Gasteiger partial charge in [-0.15, -0.1) is 0 Å². The van der Waals surface area contributed by atoms with Crippen molar-refractivity contribution in [1.82, 2.24) is 5.32 Å². The number of carbonyl (C=O) groups is 1. The number of phenolic OH excluding ortho intramolecular Hbond substituents is 2. The van der Waals surface area contributed by atoms with Crippen molar-refractivity contribution < 1.29 is 20.1 Å². The minimum Gasteiger partial charge on any atom is -0.507 e. The van der Waals surface area contributed by atoms with E-state index < -0.39 is 11.9 Å². The molecule has 0 unspecified atom stereocenters. The molecule has 0 saturated carbocycles. The lowest BCUT2D eigenvalue weighted by atomic mass is 10.1. The van der Waals surface area contributed by atoms with Crippen molar-refractivity contribution in [2.24, 2.45) is 0 Å². The van der Waals surface area contributed by atoms with E-state index in [9.17, 15) is 15.0 Å². The van der Waals surface area contributed by atoms with Gasteiger partial charge in [0.1, 0.15) is 17.1 Å². The number of rotatable bonds is 3. The summed E-state index contributed by atoms with van der Waals surface area (Å²) in [6.07, 6.45) is 0. The number of hydrogen-bond donors (Lipinski definition) is 4. The van der Waals surface area contributed by atoms with Crippen LogP contribution < -0.4 is 5.32 Å². The molecule has 0 aromatic heterocycles. The summed E-state index contributed by atoms with van der Waals surface area (Å²) in [5, 5.41) is 29.9. The van der Waals surface area contributed by atoms with E-state index in [0.29, 0.717) is 0 Å². The SMILES string of the molecule is C[C@H](CO)NC(=O)c1c(O)cccc1O. The van der Waals surface area contributed by atoms with Crippen molar-refractivity contribution >= 4 is 5.91 Å². The summed E-state index contributed by atoms with van der Waals surface area (Å²) in [5.41, 5.74) is -0.183. The zero-order valence-corrected chi connectivity index (χ0v) is 8.27. The number of carbonyl (C=O) groups excluding carboxylic acids is 1. The maximum absolute atomic E-state index is 11.5. The van der Waals surface area contributed by atoms with Crippen molar-refractivity contribution in [3.05, 3.63) is 23.8 Å². The molecule has 0 bridgehead atoms. The molecule has 0 aliphatic heterocycles. The lowest BCUT2D eigenvalue weighted by Crippen LogP contribution is -2.35. The van der Waals surface area contributed by atoms with E-state index in [2.05, 4.69) is 5.32 Å². The van der Waals surface area contributed by atoms with Crippen LogP contribution >= 0.6 is 0 Å². The Bertz CT molecular complexity index is 344. The van der Waals surface area contributed by atoms with Crippen LogP contribution in [0.3, 0.4) is 0 Å². The first kappa shape index (κ1) is 11.3. The average molecular weight is 211 g/mol. The first-order chi connectivity index (χ1) is 7.06. The fraction of sp³-hybridized carbons (Fsp3) is 0.300. The highest BCUT2D eigenvalue weighted by Gasteiger charge is 2.17. The van der Waals surface area contributed by atoms with Crippen LogP contribution in [0.4, 0.5) is 0 Å². The third-order valence-corrected chi connectivity index (χ3v) is 1.90. The molecule has 0 spiro atoms. The number of aromatic hydroxyl groups is 2. The number of aliphatic hydroxyl groups excluding tert-OH is 1. The summed E-state index contributed by atoms with van der Waals surface area (Å²) in [5.74, 6) is -1.21. The highest BCUT2D eigenvalue weighted by Crippen LogP contribution is 2.25. The van der Waals surface area contributed by atoms with Crippen LogP contribution in [0, 0.1) is 0 Å². The van der Waals surface area contributed by atoms with Crippen LogP contribution in [0.2, 0.25) is 0 Å². The Morgan fingerprint density at radius 3 is 2.40 bits per heavy atom. The van der Waals surface area contributed by atoms with Crippen LogP contribution in [0.1, 0.15) is 17.3 Å². The first-order valence-corrected chi connectivity index (χ1v) is 4.49. The third kappa shape index (κ3) is 2.60. The van der Waals surface area contributed by atoms with E-state index in [1.807, 2.05) is 0 Å². The predicted molar refractivity (Wildman–Crippen MR) is 53.8 cm³/mol. The molecule has 1 rings (SSSR count). The Morgan fingerprint density at radius 1 is 1.40 bits per heavy atom. The molecule has 1 aromatic carbocycles. The lowest BCUT2D eigenvalue weighted by molar-refractivity contribution is 0.0917. The van der Waals surface area contributed by atoms with Crippen LogP contribution in [-0.2, 0) is 0 Å². The Morgan fingerprint density at radius 2 is 1.93 bits per heavy atom. The molecular weight excluding hydrogens is 198 g/mol. The largest absolute Gasteiger partial charge is 0.507 e. The lowest BCUT2D eigenvalue weighted by Gasteiger charge is -2.12. The van der Waals surface area contributed by atoms with Gasteiger partial charge in [0.25, 0.3) is 5.91 Å². The van der Waals surface area contributed by atoms with Crippen molar-refractivity contribution in [3.8, 4) is 11.5 Å². The standard InChI is InChI=1S/C10H13NO4/c1-6(5-12)11-10(15)9-7(13)3-2-4-8(9)14/h2-4,6,12-14H,5H2,1H3,(H,11,15)/t6-/m1/s1. The fourth-order valence-corrected chi connectivity index (χ4v) is 1.10. The third-order valence-electron chi connectivity index (χ3n) is 1.90. The van der Waals surface area contributed by atoms with Crippen LogP contribution in [0.5, 0.6) is 11.5 Å². The van der Waals surface area contributed by atoms with Gasteiger partial charge in [-0.1, -0.05) is 6.07 Å². The molecule has 82 valence electrons. The average Bonchev–Trinajstić information content (AvgIpc) is 2.17. The molecule has 1 atom stereocenters. The van der Waals surface area contributed by atoms with Gasteiger partial charge in [0, 0.05) is 6.04 Å². The van der Waals surface area contributed by atoms with Crippen molar-refractivity contribution in [1.29, 1.82) is 0 Å². The summed E-state index contributed by atoms with van der Waals surface area (Å²) in [4.78, 5) is 11.5. The Hall–Kier alpha value is -1.75. The summed E-state index contributed by atoms with van der Waals surface area (Å²) >= 11 is 0. The molecule has 4 N–H and O–H groups in total. The summed E-state index contributed by atoms with van der Waals surface area (Å²) in [6, 6.07) is 3.60. The molecule has 1 amide bonds. The van der Waals surface area contributed by atoms with Gasteiger partial charge >= 0.3 is 0 Å². The molecule has 0 aliphatic carbocycles. The number of amides is 1. The second-order valence-electron chi connectivity index (χ2n) is 3.23. The molecule has 0 saturated heterocycles. The molecule has 0 radical (unpaired) electrons. The van der Waals surface area contributed by atoms with Crippen LogP contribution in [0.15, 0.2) is 18.2 Å². The maximum atomic E-state index is 11.5. The molecule has 0 aliphatic rings. The maximum Gasteiger partial charge on any atom is 0.259 e. The molecule has 0 fully saturated rings. The van der Waals surface area contributed by atoms with Crippen molar-refractivity contribution in [2.75, 3.05) is 6.61 Å². The molecule has 15 heavy (non-hydrogen) atoms. The van der Waals surface area contributed by atoms with E-state index in [-0.39, 0.29) is 23.7 Å². The monoisotopic (exact) mass is 211 g/mol. The molecule has 0 heterocycles. The summed E-state index contributed by atoms with van der Waals surface area (Å²) in [7, 11) is 0. The zero-order chi connectivity index (χ0) is 11.4. The van der Waals surface area contributed by atoms with Gasteiger partial charge in [-0.3, -0.25) is 4.79 Å². The highest BCUT2D eigenvalue weighted by molar-refractivity contribution is 5.99. The van der Waals surface area contributed by atoms with Gasteiger partial charge in [0.05, 0.1) is 6.61 Å². The Labute approximate surface area is 87.0 Å². The predicted octanol–water partition coefficient (Wildman–Crippen LogP) is 0.208. The van der Waals surface area contributed by atoms with Crippen molar-refractivity contribution in [2.45, 2.75) is 13.0 Å². The number of phenols is 2. The normalized spacial score (nSPS) is 12.1. The van der Waals surface area contributed by atoms with E-state index in [4.69, 9.17) is 5.11 Å². The van der Waals surface area contributed by atoms with Gasteiger partial charge < -0.3 is 20.6 Å². The molecule has 5 nitrogen and oxygen atoms in total. The van der Waals surface area contributed by atoms with Crippen LogP contribution in [0.25, 0.3) is 0 Å². The number of hydrogen-bond acceptors (Lipinski definition) is 4. The highest BCUT2D eigenvalue weighted by atomic mass is 16.3. The smallest absolute Gasteiger partial charge is 0.259 e. The van der Waals surface area contributed by atoms with Gasteiger partial charge in [-0.2, -0.15) is 0 Å². The minimum absolute atomic E-state index is 0.183. The van der Waals surface area contributed by atoms with Crippen molar-refractivity contribution in [3.63, 3.8) is 0 Å². The quantitative estimate of drug-likeness (QED) is 0.575. The van der Waals surface area contributed by atoms with Gasteiger partial charge in [0.15, 0.2) is 0 Å². The van der Waals surface area contributed by atoms with E-state index in [1.54, 1.807) is 6.92 Å². The number of benzene rings is 1. The topological polar surface area (TPSA) is 89.8 Å². The first-order valence-electron chi connectivity index (χ1n) is 4.49. The van der Waals surface area contributed by atoms with E-state index >= 15 is 0 Å².